The lowest BCUT2D eigenvalue weighted by Gasteiger charge is -2.29. The molecule has 2 aromatic carbocycles. The maximum Gasteiger partial charge on any atom is 0.327 e. The van der Waals surface area contributed by atoms with E-state index in [-0.39, 0.29) is 24.3 Å². The van der Waals surface area contributed by atoms with Gasteiger partial charge in [0.1, 0.15) is 18.2 Å². The Balaban J connectivity index is 1.37. The number of aliphatic hydroxyl groups excluding tert-OH is 1. The molecule has 1 fully saturated rings. The number of carbonyl (C=O) groups excluding carboxylic acids is 1. The molecule has 4 aromatic rings. The average Bonchev–Trinajstić information content (AvgIpc) is 3.50. The Hall–Kier alpha value is -3.46. The highest BCUT2D eigenvalue weighted by atomic mass is 32.4. The molecule has 1 unspecified atom stereocenters. The summed E-state index contributed by atoms with van der Waals surface area (Å²) in [5.74, 6) is 0.224. The van der Waals surface area contributed by atoms with Gasteiger partial charge < -0.3 is 35.0 Å². The molecule has 16 heteroatoms. The number of esters is 1. The maximum absolute atomic E-state index is 16.1. The van der Waals surface area contributed by atoms with Crippen molar-refractivity contribution >= 4 is 58.6 Å². The molecule has 0 amide bonds. The number of ether oxygens (including phenoxy) is 2. The molecule has 1 aliphatic heterocycles. The summed E-state index contributed by atoms with van der Waals surface area (Å²) in [5, 5.41) is 15.6. The van der Waals surface area contributed by atoms with E-state index in [2.05, 4.69) is 20.3 Å². The quantitative estimate of drug-likeness (QED) is 0.123. The molecule has 44 heavy (non-hydrogen) atoms. The lowest BCUT2D eigenvalue weighted by atomic mass is 9.98. The Bertz CT molecular complexity index is 1690. The number of fused-ring (bicyclic) bond motifs is 2. The number of aromatic nitrogens is 4. The minimum atomic E-state index is -2.52. The summed E-state index contributed by atoms with van der Waals surface area (Å²) in [6.07, 6.45) is -3.07. The van der Waals surface area contributed by atoms with Gasteiger partial charge in [0.15, 0.2) is 41.7 Å². The van der Waals surface area contributed by atoms with Crippen LogP contribution < -0.4 is 15.9 Å². The fraction of sp³-hybridized carbons (Fsp3) is 0.429. The van der Waals surface area contributed by atoms with Crippen LogP contribution in [0.1, 0.15) is 33.9 Å². The Kier molecular flexibility index (Phi) is 9.35. The van der Waals surface area contributed by atoms with Crippen LogP contribution >= 0.6 is 7.07 Å². The number of rotatable bonds is 11. The minimum Gasteiger partial charge on any atom is -0.462 e. The molecule has 2 aromatic heterocycles. The van der Waals surface area contributed by atoms with Crippen molar-refractivity contribution in [1.82, 2.24) is 24.4 Å². The molecule has 5 rings (SSSR count). The number of nitrogens with zero attached hydrogens (tertiary/aromatic N) is 5. The Labute approximate surface area is 259 Å². The van der Waals surface area contributed by atoms with Crippen molar-refractivity contribution in [2.45, 2.75) is 63.9 Å². The number of hydroxylamine groups is 1. The van der Waals surface area contributed by atoms with Crippen LogP contribution in [-0.2, 0) is 30.6 Å². The number of hydrogen-bond acceptors (Lipinski definition) is 12. The van der Waals surface area contributed by atoms with Crippen molar-refractivity contribution in [3.63, 3.8) is 0 Å². The Morgan fingerprint density at radius 1 is 1.27 bits per heavy atom. The van der Waals surface area contributed by atoms with Gasteiger partial charge in [-0.15, -0.1) is 0 Å². The van der Waals surface area contributed by atoms with Crippen molar-refractivity contribution in [2.75, 3.05) is 24.7 Å². The minimum absolute atomic E-state index is 0.0441. The maximum atomic E-state index is 16.1. The van der Waals surface area contributed by atoms with Crippen LogP contribution in [0.2, 0.25) is 0 Å². The van der Waals surface area contributed by atoms with Gasteiger partial charge in [0.2, 0.25) is 5.95 Å². The number of nitrogens with two attached hydrogens (primary N) is 1. The summed E-state index contributed by atoms with van der Waals surface area (Å²) in [6, 6.07) is 12.2. The lowest BCUT2D eigenvalue weighted by Crippen LogP contribution is -2.41. The third-order valence-corrected chi connectivity index (χ3v) is 9.33. The van der Waals surface area contributed by atoms with E-state index < -0.39 is 43.2 Å². The number of carbonyl (C=O) groups is 1. The third-order valence-electron chi connectivity index (χ3n) is 7.19. The second-order valence-corrected chi connectivity index (χ2v) is 13.1. The van der Waals surface area contributed by atoms with E-state index in [1.54, 1.807) is 33.9 Å². The van der Waals surface area contributed by atoms with Gasteiger partial charge in [-0.1, -0.05) is 53.0 Å². The normalized spacial score (nSPS) is 23.3. The van der Waals surface area contributed by atoms with Crippen molar-refractivity contribution in [3.05, 3.63) is 48.8 Å². The predicted molar refractivity (Wildman–Crippen MR) is 167 cm³/mol. The van der Waals surface area contributed by atoms with Crippen molar-refractivity contribution < 1.29 is 33.1 Å². The number of benzene rings is 2. The van der Waals surface area contributed by atoms with Crippen LogP contribution in [0.25, 0.3) is 21.9 Å². The van der Waals surface area contributed by atoms with Crippen LogP contribution in [0, 0.1) is 0 Å². The monoisotopic (exact) mass is 647 g/mol. The number of nitrogen functional groups attached to an aromatic ring is 1. The summed E-state index contributed by atoms with van der Waals surface area (Å²) >= 11 is 5.72. The van der Waals surface area contributed by atoms with E-state index >= 15 is 4.39 Å². The van der Waals surface area contributed by atoms with Gasteiger partial charge in [-0.3, -0.25) is 9.36 Å². The first-order valence-corrected chi connectivity index (χ1v) is 16.4. The first kappa shape index (κ1) is 31.9. The molecule has 0 bridgehead atoms. The molecular weight excluding hydrogens is 612 g/mol. The van der Waals surface area contributed by atoms with Crippen LogP contribution in [0.3, 0.4) is 0 Å². The van der Waals surface area contributed by atoms with Gasteiger partial charge >= 0.3 is 5.97 Å². The SMILES string of the molecule is CNc1nc(N)nc2c1ncn2[C@@H]1O[C@H](CO[PH](=S)N(Oc2cccc3ccccc23)[C@H](C)C(=O)OC(C)C)[C@@H](O)[C@@]1(C)F. The molecule has 6 atom stereocenters. The lowest BCUT2D eigenvalue weighted by molar-refractivity contribution is -0.158. The van der Waals surface area contributed by atoms with Crippen LogP contribution in [0.4, 0.5) is 16.2 Å². The van der Waals surface area contributed by atoms with Crippen LogP contribution in [0.15, 0.2) is 48.8 Å². The number of imidazole rings is 1. The second kappa shape index (κ2) is 12.9. The predicted octanol–water partition coefficient (Wildman–Crippen LogP) is 3.75. The molecule has 0 radical (unpaired) electrons. The molecule has 1 aliphatic rings. The molecule has 4 N–H and O–H groups in total. The standard InChI is InChI=1S/C28H35FN7O6PS/c1-15(2)40-25(38)16(3)36(42-19-12-8-10-17-9-6-7-11-18(17)19)43(44)39-13-20-22(37)28(4,29)26(41-20)35-14-32-21-23(31-5)33-27(30)34-24(21)35/h6-12,14-16,20,22,26,37,43H,13H2,1-5H3,(H3,30,31,33,34)/t16-,20-,22-,26-,28-/m1/s1. The fourth-order valence-electron chi connectivity index (χ4n) is 4.93. The number of aliphatic hydroxyl groups is 1. The first-order valence-electron chi connectivity index (χ1n) is 13.9. The molecule has 0 saturated carbocycles. The van der Waals surface area contributed by atoms with Gasteiger partial charge in [0.05, 0.1) is 19.0 Å². The molecule has 1 saturated heterocycles. The summed E-state index contributed by atoms with van der Waals surface area (Å²) in [4.78, 5) is 33.0. The van der Waals surface area contributed by atoms with Crippen LogP contribution in [0.5, 0.6) is 5.75 Å². The third kappa shape index (κ3) is 6.21. The van der Waals surface area contributed by atoms with Crippen molar-refractivity contribution in [3.8, 4) is 5.75 Å². The highest BCUT2D eigenvalue weighted by molar-refractivity contribution is 8.01. The summed E-state index contributed by atoms with van der Waals surface area (Å²) in [7, 11) is -0.877. The van der Waals surface area contributed by atoms with Gasteiger partial charge in [-0.2, -0.15) is 9.97 Å². The van der Waals surface area contributed by atoms with Crippen molar-refractivity contribution in [1.29, 1.82) is 0 Å². The summed E-state index contributed by atoms with van der Waals surface area (Å²) in [6.45, 7) is 6.01. The van der Waals surface area contributed by atoms with E-state index in [1.165, 1.54) is 22.7 Å². The molecular formula is C28H35FN7O6PS. The second-order valence-electron chi connectivity index (χ2n) is 10.8. The number of alkyl halides is 1. The zero-order valence-corrected chi connectivity index (χ0v) is 26.6. The van der Waals surface area contributed by atoms with Crippen LogP contribution in [-0.4, -0.2) is 79.1 Å². The van der Waals surface area contributed by atoms with E-state index in [0.29, 0.717) is 17.1 Å². The van der Waals surface area contributed by atoms with Gasteiger partial charge in [-0.25, -0.2) is 9.37 Å². The summed E-state index contributed by atoms with van der Waals surface area (Å²) < 4.78 is 34.8. The smallest absolute Gasteiger partial charge is 0.327 e. The zero-order valence-electron chi connectivity index (χ0n) is 24.8. The van der Waals surface area contributed by atoms with Gasteiger partial charge in [-0.05, 0) is 39.1 Å². The highest BCUT2D eigenvalue weighted by Crippen LogP contribution is 2.44. The molecule has 236 valence electrons. The number of hydrogen-bond donors (Lipinski definition) is 3. The van der Waals surface area contributed by atoms with Crippen molar-refractivity contribution in [2.24, 2.45) is 0 Å². The number of nitrogens with one attached hydrogen (secondary N) is 1. The first-order chi connectivity index (χ1) is 20.9. The number of halogens is 1. The Morgan fingerprint density at radius 3 is 2.73 bits per heavy atom. The summed E-state index contributed by atoms with van der Waals surface area (Å²) in [5.41, 5.74) is 4.16. The zero-order chi connectivity index (χ0) is 31.8. The van der Waals surface area contributed by atoms with E-state index in [1.807, 2.05) is 36.4 Å². The molecule has 0 spiro atoms. The van der Waals surface area contributed by atoms with E-state index in [0.717, 1.165) is 10.8 Å². The molecule has 3 heterocycles. The topological polar surface area (TPSA) is 159 Å². The highest BCUT2D eigenvalue weighted by Gasteiger charge is 2.55. The van der Waals surface area contributed by atoms with Gasteiger partial charge in [0, 0.05) is 12.4 Å². The van der Waals surface area contributed by atoms with E-state index in [9.17, 15) is 9.90 Å². The van der Waals surface area contributed by atoms with E-state index in [4.69, 9.17) is 36.4 Å². The Morgan fingerprint density at radius 2 is 2.00 bits per heavy atom. The average molecular weight is 648 g/mol. The largest absolute Gasteiger partial charge is 0.462 e. The molecule has 0 aliphatic carbocycles. The number of anilines is 2. The van der Waals surface area contributed by atoms with Gasteiger partial charge in [0.25, 0.3) is 0 Å². The molecule has 13 nitrogen and oxygen atoms in total. The fourth-order valence-corrected chi connectivity index (χ4v) is 6.75.